The molecule has 2 aliphatic heterocycles. The quantitative estimate of drug-likeness (QED) is 0.744. The second-order valence-corrected chi connectivity index (χ2v) is 9.58. The molecule has 0 radical (unpaired) electrons. The average Bonchev–Trinajstić information content (AvgIpc) is 3.22. The summed E-state index contributed by atoms with van der Waals surface area (Å²) < 4.78 is 30.8. The van der Waals surface area contributed by atoms with Crippen molar-refractivity contribution in [2.75, 3.05) is 46.2 Å². The highest BCUT2D eigenvalue weighted by Crippen LogP contribution is 2.46. The topological polar surface area (TPSA) is 66.9 Å². The van der Waals surface area contributed by atoms with Crippen molar-refractivity contribution in [1.82, 2.24) is 9.21 Å². The van der Waals surface area contributed by atoms with Crippen molar-refractivity contribution in [2.24, 2.45) is 17.3 Å². The first kappa shape index (κ1) is 17.2. The van der Waals surface area contributed by atoms with Crippen molar-refractivity contribution in [3.05, 3.63) is 0 Å². The van der Waals surface area contributed by atoms with E-state index in [4.69, 9.17) is 4.74 Å². The number of ether oxygens (including phenoxy) is 1. The minimum atomic E-state index is -3.17. The molecule has 2 saturated heterocycles. The number of amides is 1. The summed E-state index contributed by atoms with van der Waals surface area (Å²) in [7, 11) is -1.50. The van der Waals surface area contributed by atoms with Gasteiger partial charge in [0.25, 0.3) is 0 Å². The van der Waals surface area contributed by atoms with Crippen LogP contribution in [0.2, 0.25) is 0 Å². The molecule has 1 atom stereocenters. The Morgan fingerprint density at radius 2 is 1.91 bits per heavy atom. The molecule has 0 aromatic heterocycles. The Morgan fingerprint density at radius 1 is 1.26 bits per heavy atom. The van der Waals surface area contributed by atoms with Gasteiger partial charge in [0.05, 0.1) is 12.9 Å². The van der Waals surface area contributed by atoms with Crippen LogP contribution in [0, 0.1) is 17.3 Å². The van der Waals surface area contributed by atoms with Gasteiger partial charge in [0.2, 0.25) is 15.9 Å². The SMILES string of the molecule is COC[C@H]1CN(S(C)(=O)=O)CC12CCN(C(=O)CC1CC1)CC2. The monoisotopic (exact) mass is 344 g/mol. The third-order valence-electron chi connectivity index (χ3n) is 5.89. The van der Waals surface area contributed by atoms with Crippen LogP contribution in [0.4, 0.5) is 0 Å². The highest BCUT2D eigenvalue weighted by Gasteiger charge is 2.50. The molecule has 1 aliphatic carbocycles. The van der Waals surface area contributed by atoms with Crippen LogP contribution in [0.5, 0.6) is 0 Å². The molecule has 3 aliphatic rings. The lowest BCUT2D eigenvalue weighted by atomic mass is 9.71. The molecule has 23 heavy (non-hydrogen) atoms. The molecule has 1 amide bonds. The Labute approximate surface area is 139 Å². The molecule has 0 aromatic carbocycles. The minimum Gasteiger partial charge on any atom is -0.384 e. The van der Waals surface area contributed by atoms with E-state index in [9.17, 15) is 13.2 Å². The van der Waals surface area contributed by atoms with Crippen molar-refractivity contribution in [2.45, 2.75) is 32.1 Å². The fraction of sp³-hybridized carbons (Fsp3) is 0.938. The highest BCUT2D eigenvalue weighted by atomic mass is 32.2. The molecule has 1 saturated carbocycles. The van der Waals surface area contributed by atoms with Gasteiger partial charge in [0.15, 0.2) is 0 Å². The molecular weight excluding hydrogens is 316 g/mol. The van der Waals surface area contributed by atoms with E-state index in [0.29, 0.717) is 32.0 Å². The van der Waals surface area contributed by atoms with Gasteiger partial charge in [0, 0.05) is 45.6 Å². The normalized spacial score (nSPS) is 28.4. The van der Waals surface area contributed by atoms with Gasteiger partial charge in [-0.1, -0.05) is 0 Å². The van der Waals surface area contributed by atoms with Gasteiger partial charge >= 0.3 is 0 Å². The van der Waals surface area contributed by atoms with Crippen molar-refractivity contribution >= 4 is 15.9 Å². The average molecular weight is 344 g/mol. The van der Waals surface area contributed by atoms with E-state index in [1.165, 1.54) is 19.1 Å². The summed E-state index contributed by atoms with van der Waals surface area (Å²) in [4.78, 5) is 14.3. The maximum absolute atomic E-state index is 12.3. The fourth-order valence-corrected chi connectivity index (χ4v) is 5.08. The zero-order chi connectivity index (χ0) is 16.7. The molecule has 0 bridgehead atoms. The van der Waals surface area contributed by atoms with Gasteiger partial charge in [-0.2, -0.15) is 0 Å². The number of likely N-dealkylation sites (tertiary alicyclic amines) is 1. The van der Waals surface area contributed by atoms with Crippen LogP contribution in [0.25, 0.3) is 0 Å². The molecule has 3 fully saturated rings. The number of sulfonamides is 1. The smallest absolute Gasteiger partial charge is 0.222 e. The summed E-state index contributed by atoms with van der Waals surface area (Å²) in [5, 5.41) is 0. The van der Waals surface area contributed by atoms with Crippen molar-refractivity contribution in [3.63, 3.8) is 0 Å². The van der Waals surface area contributed by atoms with Gasteiger partial charge < -0.3 is 9.64 Å². The molecule has 1 spiro atoms. The highest BCUT2D eigenvalue weighted by molar-refractivity contribution is 7.88. The lowest BCUT2D eigenvalue weighted by Gasteiger charge is -2.42. The summed E-state index contributed by atoms with van der Waals surface area (Å²) in [6.45, 7) is 3.21. The number of rotatable bonds is 5. The largest absolute Gasteiger partial charge is 0.384 e. The van der Waals surface area contributed by atoms with Gasteiger partial charge in [-0.15, -0.1) is 0 Å². The maximum Gasteiger partial charge on any atom is 0.222 e. The van der Waals surface area contributed by atoms with Crippen LogP contribution in [-0.4, -0.2) is 69.7 Å². The molecule has 0 unspecified atom stereocenters. The van der Waals surface area contributed by atoms with E-state index in [2.05, 4.69) is 0 Å². The summed E-state index contributed by atoms with van der Waals surface area (Å²) in [6.07, 6.45) is 6.13. The number of nitrogens with zero attached hydrogens (tertiary/aromatic N) is 2. The van der Waals surface area contributed by atoms with Crippen LogP contribution in [0.15, 0.2) is 0 Å². The Bertz CT molecular complexity index is 550. The van der Waals surface area contributed by atoms with E-state index in [1.807, 2.05) is 4.90 Å². The molecule has 3 rings (SSSR count). The maximum atomic E-state index is 12.3. The number of carbonyl (C=O) groups excluding carboxylic acids is 1. The van der Waals surface area contributed by atoms with E-state index in [0.717, 1.165) is 25.9 Å². The van der Waals surface area contributed by atoms with Gasteiger partial charge in [-0.3, -0.25) is 4.79 Å². The van der Waals surface area contributed by atoms with E-state index >= 15 is 0 Å². The van der Waals surface area contributed by atoms with E-state index < -0.39 is 10.0 Å². The predicted molar refractivity (Wildman–Crippen MR) is 87.4 cm³/mol. The number of carbonyl (C=O) groups is 1. The first-order valence-corrected chi connectivity index (χ1v) is 10.4. The molecule has 132 valence electrons. The van der Waals surface area contributed by atoms with Crippen molar-refractivity contribution in [1.29, 1.82) is 0 Å². The third kappa shape index (κ3) is 3.72. The molecular formula is C16H28N2O4S. The first-order chi connectivity index (χ1) is 10.8. The second kappa shape index (κ2) is 6.33. The fourth-order valence-electron chi connectivity index (χ4n) is 4.13. The summed E-state index contributed by atoms with van der Waals surface area (Å²) in [6, 6.07) is 0. The second-order valence-electron chi connectivity index (χ2n) is 7.60. The summed E-state index contributed by atoms with van der Waals surface area (Å²) in [5.41, 5.74) is -0.0323. The molecule has 6 nitrogen and oxygen atoms in total. The van der Waals surface area contributed by atoms with Crippen LogP contribution in [-0.2, 0) is 19.6 Å². The van der Waals surface area contributed by atoms with Crippen LogP contribution in [0.1, 0.15) is 32.1 Å². The van der Waals surface area contributed by atoms with Gasteiger partial charge in [0.1, 0.15) is 0 Å². The van der Waals surface area contributed by atoms with Gasteiger partial charge in [-0.05, 0) is 37.0 Å². The lowest BCUT2D eigenvalue weighted by molar-refractivity contribution is -0.134. The van der Waals surface area contributed by atoms with E-state index in [-0.39, 0.29) is 17.2 Å². The van der Waals surface area contributed by atoms with Crippen molar-refractivity contribution in [3.8, 4) is 0 Å². The van der Waals surface area contributed by atoms with Crippen LogP contribution in [0.3, 0.4) is 0 Å². The summed E-state index contributed by atoms with van der Waals surface area (Å²) in [5.74, 6) is 1.12. The van der Waals surface area contributed by atoms with Crippen LogP contribution < -0.4 is 0 Å². The number of hydrogen-bond donors (Lipinski definition) is 0. The Balaban J connectivity index is 1.65. The van der Waals surface area contributed by atoms with Gasteiger partial charge in [-0.25, -0.2) is 12.7 Å². The van der Waals surface area contributed by atoms with Crippen LogP contribution >= 0.6 is 0 Å². The zero-order valence-corrected chi connectivity index (χ0v) is 15.0. The minimum absolute atomic E-state index is 0.0323. The van der Waals surface area contributed by atoms with E-state index in [1.54, 1.807) is 11.4 Å². The standard InChI is InChI=1S/C16H28N2O4S/c1-22-11-14-10-18(23(2,20)21)12-16(14)5-7-17(8-6-16)15(19)9-13-3-4-13/h13-14H,3-12H2,1-2H3/t14-/m1/s1. The predicted octanol–water partition coefficient (Wildman–Crippen LogP) is 0.933. The molecule has 0 N–H and O–H groups in total. The zero-order valence-electron chi connectivity index (χ0n) is 14.2. The Morgan fingerprint density at radius 3 is 2.43 bits per heavy atom. The number of methoxy groups -OCH3 is 1. The first-order valence-electron chi connectivity index (χ1n) is 8.56. The number of piperidine rings is 1. The molecule has 0 aromatic rings. The molecule has 7 heteroatoms. The Kier molecular flexibility index (Phi) is 4.73. The Hall–Kier alpha value is -0.660. The lowest BCUT2D eigenvalue weighted by Crippen LogP contribution is -2.47. The summed E-state index contributed by atoms with van der Waals surface area (Å²) >= 11 is 0. The molecule has 2 heterocycles. The van der Waals surface area contributed by atoms with Crippen molar-refractivity contribution < 1.29 is 17.9 Å². The third-order valence-corrected chi connectivity index (χ3v) is 7.11. The number of hydrogen-bond acceptors (Lipinski definition) is 4.